The molecule has 0 aliphatic carbocycles. The minimum absolute atomic E-state index is 0.976. The van der Waals surface area contributed by atoms with E-state index in [-0.39, 0.29) is 0 Å². The third-order valence-electron chi connectivity index (χ3n) is 2.38. The first-order chi connectivity index (χ1) is 9.12. The molecule has 0 N–H and O–H groups in total. The summed E-state index contributed by atoms with van der Waals surface area (Å²) in [4.78, 5) is 0. The lowest BCUT2D eigenvalue weighted by Gasteiger charge is -2.20. The van der Waals surface area contributed by atoms with Crippen LogP contribution < -0.4 is 0 Å². The number of sulfone groups is 1. The van der Waals surface area contributed by atoms with Crippen molar-refractivity contribution < 1.29 is 43.5 Å². The summed E-state index contributed by atoms with van der Waals surface area (Å²) in [6, 6.07) is 0.976. The molecule has 21 heavy (non-hydrogen) atoms. The Bertz CT molecular complexity index is 487. The molecule has 3 nitrogen and oxygen atoms in total. The monoisotopic (exact) mass is 347 g/mol. The second-order valence-corrected chi connectivity index (χ2v) is 6.39. The molecule has 0 saturated heterocycles. The van der Waals surface area contributed by atoms with E-state index in [0.29, 0.717) is 0 Å². The van der Waals surface area contributed by atoms with Crippen LogP contribution in [0.1, 0.15) is 19.3 Å². The van der Waals surface area contributed by atoms with Gasteiger partial charge in [-0.25, -0.2) is 8.42 Å². The van der Waals surface area contributed by atoms with E-state index < -0.39 is 58.4 Å². The molecule has 0 aromatic heterocycles. The van der Waals surface area contributed by atoms with Gasteiger partial charge in [-0.05, 0) is 6.42 Å². The van der Waals surface area contributed by atoms with E-state index in [4.69, 9.17) is 5.26 Å². The zero-order valence-electron chi connectivity index (χ0n) is 10.1. The van der Waals surface area contributed by atoms with Crippen molar-refractivity contribution in [3.05, 3.63) is 0 Å². The van der Waals surface area contributed by atoms with Crippen LogP contribution in [-0.4, -0.2) is 37.7 Å². The maximum absolute atomic E-state index is 12.6. The number of nitriles is 1. The van der Waals surface area contributed by atoms with Crippen molar-refractivity contribution in [2.45, 2.75) is 42.8 Å². The molecule has 124 valence electrons. The van der Waals surface area contributed by atoms with Gasteiger partial charge in [0.2, 0.25) is 0 Å². The van der Waals surface area contributed by atoms with Gasteiger partial charge in [-0.15, -0.1) is 0 Å². The molecule has 0 spiro atoms. The number of alkyl halides is 8. The first-order valence-electron chi connectivity index (χ1n) is 5.25. The van der Waals surface area contributed by atoms with E-state index in [9.17, 15) is 43.5 Å². The molecule has 0 aliphatic rings. The van der Waals surface area contributed by atoms with Crippen LogP contribution >= 0.6 is 0 Å². The maximum Gasteiger partial charge on any atom is 0.453 e. The summed E-state index contributed by atoms with van der Waals surface area (Å²) in [6.45, 7) is 0. The van der Waals surface area contributed by atoms with Gasteiger partial charge in [0.1, 0.15) is 5.25 Å². The van der Waals surface area contributed by atoms with Gasteiger partial charge in [-0.2, -0.15) is 40.4 Å². The zero-order chi connectivity index (χ0) is 17.1. The number of hydrogen-bond acceptors (Lipinski definition) is 3. The van der Waals surface area contributed by atoms with Crippen molar-refractivity contribution in [3.8, 4) is 6.07 Å². The van der Waals surface area contributed by atoms with Crippen LogP contribution in [0.25, 0.3) is 0 Å². The molecule has 0 radical (unpaired) electrons. The second kappa shape index (κ2) is 6.33. The fourth-order valence-electron chi connectivity index (χ4n) is 1.17. The summed E-state index contributed by atoms with van der Waals surface area (Å²) in [5.41, 5.74) is 0. The summed E-state index contributed by atoms with van der Waals surface area (Å²) >= 11 is 0. The van der Waals surface area contributed by atoms with E-state index in [1.165, 1.54) is 0 Å². The largest absolute Gasteiger partial charge is 0.453 e. The lowest BCUT2D eigenvalue weighted by atomic mass is 10.2. The summed E-state index contributed by atoms with van der Waals surface area (Å²) < 4.78 is 119. The van der Waals surface area contributed by atoms with Crippen LogP contribution in [0.5, 0.6) is 0 Å². The Morgan fingerprint density at radius 2 is 1.43 bits per heavy atom. The Balaban J connectivity index is 4.86. The van der Waals surface area contributed by atoms with Crippen molar-refractivity contribution in [3.63, 3.8) is 0 Å². The van der Waals surface area contributed by atoms with Crippen LogP contribution in [0, 0.1) is 11.3 Å². The molecule has 0 heterocycles. The minimum atomic E-state index is -5.98. The van der Waals surface area contributed by atoms with Crippen LogP contribution in [0.3, 0.4) is 0 Å². The zero-order valence-corrected chi connectivity index (χ0v) is 10.9. The van der Waals surface area contributed by atoms with Crippen LogP contribution in [-0.2, 0) is 9.84 Å². The van der Waals surface area contributed by atoms with Gasteiger partial charge < -0.3 is 0 Å². The van der Waals surface area contributed by atoms with Gasteiger partial charge in [0.25, 0.3) is 0 Å². The molecule has 1 unspecified atom stereocenters. The highest BCUT2D eigenvalue weighted by atomic mass is 32.2. The predicted molar refractivity (Wildman–Crippen MR) is 54.1 cm³/mol. The molecule has 0 aromatic rings. The van der Waals surface area contributed by atoms with Gasteiger partial charge >= 0.3 is 18.3 Å². The van der Waals surface area contributed by atoms with Gasteiger partial charge in [-0.1, -0.05) is 0 Å². The second-order valence-electron chi connectivity index (χ2n) is 4.09. The smallest absolute Gasteiger partial charge is 0.227 e. The molecular formula is C9H9F8NO2S. The summed E-state index contributed by atoms with van der Waals surface area (Å²) in [5, 5.41) is 6.15. The molecule has 0 rings (SSSR count). The van der Waals surface area contributed by atoms with Gasteiger partial charge in [-0.3, -0.25) is 0 Å². The molecule has 1 atom stereocenters. The minimum Gasteiger partial charge on any atom is -0.227 e. The fraction of sp³-hybridized carbons (Fsp3) is 0.889. The molecule has 0 fully saturated rings. The quantitative estimate of drug-likeness (QED) is 0.693. The topological polar surface area (TPSA) is 57.9 Å². The molecule has 0 saturated carbocycles. The molecule has 0 bridgehead atoms. The van der Waals surface area contributed by atoms with Crippen molar-refractivity contribution >= 4 is 9.84 Å². The number of nitrogens with zero attached hydrogens (tertiary/aromatic N) is 1. The third-order valence-corrected chi connectivity index (χ3v) is 4.36. The molecular weight excluding hydrogens is 338 g/mol. The number of rotatable bonds is 6. The predicted octanol–water partition coefficient (Wildman–Crippen LogP) is 3.22. The Morgan fingerprint density at radius 3 is 1.76 bits per heavy atom. The summed E-state index contributed by atoms with van der Waals surface area (Å²) in [6.07, 6.45) is -15.8. The fourth-order valence-corrected chi connectivity index (χ4v) is 2.64. The van der Waals surface area contributed by atoms with Gasteiger partial charge in [0.15, 0.2) is 9.84 Å². The lowest BCUT2D eigenvalue weighted by Crippen LogP contribution is -2.39. The first kappa shape index (κ1) is 19.9. The van der Waals surface area contributed by atoms with Crippen LogP contribution in [0.2, 0.25) is 0 Å². The normalized spacial score (nSPS) is 15.6. The average Bonchev–Trinajstić information content (AvgIpc) is 2.24. The highest BCUT2D eigenvalue weighted by Gasteiger charge is 2.57. The van der Waals surface area contributed by atoms with Gasteiger partial charge in [0, 0.05) is 12.8 Å². The van der Waals surface area contributed by atoms with E-state index >= 15 is 0 Å². The molecule has 12 heteroatoms. The molecule has 0 amide bonds. The Hall–Kier alpha value is -1.12. The van der Waals surface area contributed by atoms with E-state index in [2.05, 4.69) is 0 Å². The number of hydrogen-bond donors (Lipinski definition) is 0. The third kappa shape index (κ3) is 6.45. The molecule has 0 aromatic carbocycles. The van der Waals surface area contributed by atoms with Crippen LogP contribution in [0.4, 0.5) is 35.1 Å². The Kier molecular flexibility index (Phi) is 5.99. The average molecular weight is 347 g/mol. The van der Waals surface area contributed by atoms with Crippen molar-refractivity contribution in [1.29, 1.82) is 5.26 Å². The summed E-state index contributed by atoms with van der Waals surface area (Å²) in [7, 11) is -4.83. The van der Waals surface area contributed by atoms with E-state index in [1.807, 2.05) is 0 Å². The number of halogens is 8. The van der Waals surface area contributed by atoms with Crippen molar-refractivity contribution in [2.24, 2.45) is 0 Å². The first-order valence-corrected chi connectivity index (χ1v) is 6.96. The lowest BCUT2D eigenvalue weighted by molar-refractivity contribution is -0.282. The Labute approximate surface area is 114 Å². The molecule has 0 aliphatic heterocycles. The highest BCUT2D eigenvalue weighted by molar-refractivity contribution is 7.92. The van der Waals surface area contributed by atoms with E-state index in [0.717, 1.165) is 6.07 Å². The van der Waals surface area contributed by atoms with Crippen molar-refractivity contribution in [1.82, 2.24) is 0 Å². The SMILES string of the molecule is N#CC(CCC(F)(F)F)S(=O)(=O)CCC(F)(F)C(F)(F)F. The Morgan fingerprint density at radius 1 is 0.952 bits per heavy atom. The standard InChI is InChI=1S/C9H9F8NO2S/c10-7(11,9(15,16)17)3-4-21(19,20)6(5-18)1-2-8(12,13)14/h6H,1-4H2. The van der Waals surface area contributed by atoms with Crippen LogP contribution in [0.15, 0.2) is 0 Å². The summed E-state index contributed by atoms with van der Waals surface area (Å²) in [5.74, 6) is -7.04. The van der Waals surface area contributed by atoms with Gasteiger partial charge in [0.05, 0.1) is 11.8 Å². The van der Waals surface area contributed by atoms with E-state index in [1.54, 1.807) is 0 Å². The van der Waals surface area contributed by atoms with Crippen molar-refractivity contribution in [2.75, 3.05) is 5.75 Å². The highest BCUT2D eigenvalue weighted by Crippen LogP contribution is 2.38. The maximum atomic E-state index is 12.6.